The zero-order chi connectivity index (χ0) is 33.7. The van der Waals surface area contributed by atoms with E-state index in [2.05, 4.69) is 167 Å². The minimum absolute atomic E-state index is 0.618. The first kappa shape index (κ1) is 29.0. The van der Waals surface area contributed by atoms with E-state index in [0.29, 0.717) is 5.89 Å². The largest absolute Gasteiger partial charge is 0.434 e. The van der Waals surface area contributed by atoms with Crippen molar-refractivity contribution in [3.05, 3.63) is 188 Å². The summed E-state index contributed by atoms with van der Waals surface area (Å²) in [5.74, 6) is 0.618. The van der Waals surface area contributed by atoms with E-state index < -0.39 is 0 Å². The lowest BCUT2D eigenvalue weighted by Gasteiger charge is -2.26. The van der Waals surface area contributed by atoms with Gasteiger partial charge in [-0.15, -0.1) is 0 Å². The standard InChI is InChI=1S/C47H31N3O/c1-4-14-32(15-5-1)33-24-26-36(27-25-33)49(35-18-8-3-9-19-35)37-28-30-38(31-29-37)50-42-23-13-12-22-41(42)43-39-20-10-11-21-40(39)44-46(45(43)50)51-47(48-44)34-16-6-2-7-17-34/h1-31H. The molecule has 0 amide bonds. The lowest BCUT2D eigenvalue weighted by atomic mass is 10.0. The van der Waals surface area contributed by atoms with Gasteiger partial charge in [0.15, 0.2) is 5.58 Å². The van der Waals surface area contributed by atoms with E-state index in [1.807, 2.05) is 30.3 Å². The van der Waals surface area contributed by atoms with E-state index in [0.717, 1.165) is 66.6 Å². The first-order chi connectivity index (χ1) is 25.3. The molecule has 51 heavy (non-hydrogen) atoms. The van der Waals surface area contributed by atoms with Crippen LogP contribution >= 0.6 is 0 Å². The number of benzene rings is 8. The van der Waals surface area contributed by atoms with Gasteiger partial charge < -0.3 is 13.9 Å². The molecule has 0 spiro atoms. The van der Waals surface area contributed by atoms with Crippen molar-refractivity contribution in [1.82, 2.24) is 9.55 Å². The molecule has 0 aliphatic heterocycles. The second kappa shape index (κ2) is 11.9. The van der Waals surface area contributed by atoms with Crippen LogP contribution in [0, 0.1) is 0 Å². The van der Waals surface area contributed by atoms with E-state index in [1.165, 1.54) is 16.5 Å². The van der Waals surface area contributed by atoms with Crippen LogP contribution in [0.2, 0.25) is 0 Å². The molecule has 0 radical (unpaired) electrons. The molecule has 0 N–H and O–H groups in total. The summed E-state index contributed by atoms with van der Waals surface area (Å²) in [7, 11) is 0. The molecule has 10 aromatic rings. The molecule has 0 saturated heterocycles. The van der Waals surface area contributed by atoms with Crippen LogP contribution in [0.4, 0.5) is 17.1 Å². The monoisotopic (exact) mass is 653 g/mol. The molecule has 0 atom stereocenters. The van der Waals surface area contributed by atoms with E-state index >= 15 is 0 Å². The van der Waals surface area contributed by atoms with E-state index in [4.69, 9.17) is 9.40 Å². The molecule has 0 aliphatic rings. The topological polar surface area (TPSA) is 34.2 Å². The second-order valence-corrected chi connectivity index (χ2v) is 12.8. The van der Waals surface area contributed by atoms with Crippen LogP contribution in [-0.2, 0) is 0 Å². The molecule has 0 aliphatic carbocycles. The van der Waals surface area contributed by atoms with Crippen LogP contribution in [0.15, 0.2) is 192 Å². The smallest absolute Gasteiger partial charge is 0.227 e. The third-order valence-corrected chi connectivity index (χ3v) is 9.80. The van der Waals surface area contributed by atoms with Gasteiger partial charge in [-0.25, -0.2) is 4.98 Å². The number of rotatable bonds is 6. The Bertz CT molecular complexity index is 2820. The van der Waals surface area contributed by atoms with Crippen molar-refractivity contribution in [2.75, 3.05) is 4.90 Å². The molecule has 0 fully saturated rings. The van der Waals surface area contributed by atoms with Crippen molar-refractivity contribution < 1.29 is 4.42 Å². The van der Waals surface area contributed by atoms with Crippen molar-refractivity contribution in [3.63, 3.8) is 0 Å². The van der Waals surface area contributed by atoms with Crippen molar-refractivity contribution in [3.8, 4) is 28.3 Å². The van der Waals surface area contributed by atoms with Gasteiger partial charge in [-0.2, -0.15) is 0 Å². The highest BCUT2D eigenvalue weighted by Gasteiger charge is 2.23. The summed E-state index contributed by atoms with van der Waals surface area (Å²) in [5, 5.41) is 4.59. The third kappa shape index (κ3) is 4.80. The van der Waals surface area contributed by atoms with Crippen LogP contribution in [0.25, 0.3) is 71.9 Å². The molecule has 0 saturated carbocycles. The van der Waals surface area contributed by atoms with Gasteiger partial charge in [-0.1, -0.05) is 121 Å². The Morgan fingerprint density at radius 2 is 0.941 bits per heavy atom. The van der Waals surface area contributed by atoms with Crippen molar-refractivity contribution >= 4 is 60.7 Å². The third-order valence-electron chi connectivity index (χ3n) is 9.80. The number of hydrogen-bond acceptors (Lipinski definition) is 3. The molecule has 4 nitrogen and oxygen atoms in total. The molecule has 2 heterocycles. The normalized spacial score (nSPS) is 11.5. The number of hydrogen-bond donors (Lipinski definition) is 0. The number of aromatic nitrogens is 2. The van der Waals surface area contributed by atoms with Crippen LogP contribution in [0.5, 0.6) is 0 Å². The van der Waals surface area contributed by atoms with Crippen molar-refractivity contribution in [2.24, 2.45) is 0 Å². The molecule has 0 unspecified atom stereocenters. The lowest BCUT2D eigenvalue weighted by molar-refractivity contribution is 0.622. The average molecular weight is 654 g/mol. The summed E-state index contributed by atoms with van der Waals surface area (Å²) < 4.78 is 9.08. The van der Waals surface area contributed by atoms with E-state index in [1.54, 1.807) is 0 Å². The van der Waals surface area contributed by atoms with Gasteiger partial charge in [0.25, 0.3) is 0 Å². The van der Waals surface area contributed by atoms with Gasteiger partial charge in [0.2, 0.25) is 5.89 Å². The Balaban J connectivity index is 1.17. The predicted octanol–water partition coefficient (Wildman–Crippen LogP) is 12.9. The van der Waals surface area contributed by atoms with E-state index in [9.17, 15) is 0 Å². The molecule has 0 bridgehead atoms. The maximum absolute atomic E-state index is 6.75. The number of para-hydroxylation sites is 2. The fourth-order valence-corrected chi connectivity index (χ4v) is 7.48. The maximum Gasteiger partial charge on any atom is 0.227 e. The molecule has 2 aromatic heterocycles. The molecular formula is C47H31N3O. The Hall–Kier alpha value is -6.91. The summed E-state index contributed by atoms with van der Waals surface area (Å²) >= 11 is 0. The summed E-state index contributed by atoms with van der Waals surface area (Å²) in [6.07, 6.45) is 0. The molecule has 240 valence electrons. The highest BCUT2D eigenvalue weighted by atomic mass is 16.3. The fraction of sp³-hybridized carbons (Fsp3) is 0. The number of oxazole rings is 1. The maximum atomic E-state index is 6.75. The van der Waals surface area contributed by atoms with Gasteiger partial charge in [0.1, 0.15) is 11.0 Å². The second-order valence-electron chi connectivity index (χ2n) is 12.8. The van der Waals surface area contributed by atoms with Crippen LogP contribution in [0.3, 0.4) is 0 Å². The number of nitrogens with zero attached hydrogens (tertiary/aromatic N) is 3. The SMILES string of the molecule is c1ccc(-c2ccc(N(c3ccccc3)c3ccc(-n4c5ccccc5c5c6ccccc6c6nc(-c7ccccc7)oc6c54)cc3)cc2)cc1. The van der Waals surface area contributed by atoms with Crippen molar-refractivity contribution in [1.29, 1.82) is 0 Å². The Labute approximate surface area is 295 Å². The number of anilines is 3. The highest BCUT2D eigenvalue weighted by Crippen LogP contribution is 2.44. The first-order valence-electron chi connectivity index (χ1n) is 17.2. The minimum Gasteiger partial charge on any atom is -0.434 e. The predicted molar refractivity (Wildman–Crippen MR) is 211 cm³/mol. The zero-order valence-electron chi connectivity index (χ0n) is 27.6. The lowest BCUT2D eigenvalue weighted by Crippen LogP contribution is -2.10. The first-order valence-corrected chi connectivity index (χ1v) is 17.2. The quantitative estimate of drug-likeness (QED) is 0.179. The Morgan fingerprint density at radius 1 is 0.431 bits per heavy atom. The zero-order valence-corrected chi connectivity index (χ0v) is 27.6. The molecule has 8 aromatic carbocycles. The summed E-state index contributed by atoms with van der Waals surface area (Å²) in [6.45, 7) is 0. The fourth-order valence-electron chi connectivity index (χ4n) is 7.48. The number of fused-ring (bicyclic) bond motifs is 8. The van der Waals surface area contributed by atoms with Gasteiger partial charge >= 0.3 is 0 Å². The minimum atomic E-state index is 0.618. The van der Waals surface area contributed by atoms with Crippen LogP contribution in [-0.4, -0.2) is 9.55 Å². The summed E-state index contributed by atoms with van der Waals surface area (Å²) in [5.41, 5.74) is 11.4. The van der Waals surface area contributed by atoms with Crippen LogP contribution < -0.4 is 4.90 Å². The van der Waals surface area contributed by atoms with Gasteiger partial charge in [-0.05, 0) is 83.2 Å². The van der Waals surface area contributed by atoms with Crippen LogP contribution in [0.1, 0.15) is 0 Å². The molecule has 4 heteroatoms. The molecular weight excluding hydrogens is 623 g/mol. The summed E-state index contributed by atoms with van der Waals surface area (Å²) in [6, 6.07) is 66.0. The van der Waals surface area contributed by atoms with Gasteiger partial charge in [-0.3, -0.25) is 0 Å². The van der Waals surface area contributed by atoms with E-state index in [-0.39, 0.29) is 0 Å². The van der Waals surface area contributed by atoms with Crippen molar-refractivity contribution in [2.45, 2.75) is 0 Å². The van der Waals surface area contributed by atoms with Gasteiger partial charge in [0.05, 0.1) is 5.52 Å². The average Bonchev–Trinajstić information content (AvgIpc) is 3.81. The van der Waals surface area contributed by atoms with Gasteiger partial charge in [0, 0.05) is 44.5 Å². The Kier molecular flexibility index (Phi) is 6.78. The summed E-state index contributed by atoms with van der Waals surface area (Å²) in [4.78, 5) is 7.41. The molecule has 10 rings (SSSR count). The Morgan fingerprint density at radius 3 is 1.63 bits per heavy atom. The highest BCUT2D eigenvalue weighted by molar-refractivity contribution is 6.30.